The lowest BCUT2D eigenvalue weighted by molar-refractivity contribution is -0.145. The van der Waals surface area contributed by atoms with E-state index in [9.17, 15) is 9.59 Å². The second kappa shape index (κ2) is 5.60. The Bertz CT molecular complexity index is 496. The van der Waals surface area contributed by atoms with Crippen molar-refractivity contribution in [1.82, 2.24) is 0 Å². The van der Waals surface area contributed by atoms with Gasteiger partial charge in [0.25, 0.3) is 0 Å². The van der Waals surface area contributed by atoms with Gasteiger partial charge < -0.3 is 18.9 Å². The third-order valence-corrected chi connectivity index (χ3v) is 2.76. The van der Waals surface area contributed by atoms with Crippen LogP contribution in [-0.2, 0) is 14.3 Å². The number of esters is 2. The molecule has 0 aliphatic carbocycles. The largest absolute Gasteiger partial charge is 0.493 e. The quantitative estimate of drug-likeness (QED) is 0.762. The standard InChI is InChI=1S/C13H14O6/c1-16-9-4-3-8(7-11(9)17-2)12(14)19-10-5-6-18-13(10)15/h3-4,7,10H,5-6H2,1-2H3. The molecular formula is C13H14O6. The molecule has 2 rings (SSSR count). The Labute approximate surface area is 110 Å². The van der Waals surface area contributed by atoms with Crippen LogP contribution < -0.4 is 9.47 Å². The van der Waals surface area contributed by atoms with E-state index in [1.807, 2.05) is 0 Å². The molecule has 0 bridgehead atoms. The molecule has 19 heavy (non-hydrogen) atoms. The topological polar surface area (TPSA) is 71.1 Å². The summed E-state index contributed by atoms with van der Waals surface area (Å²) < 4.78 is 20.0. The molecular weight excluding hydrogens is 252 g/mol. The predicted octanol–water partition coefficient (Wildman–Crippen LogP) is 1.18. The maximum Gasteiger partial charge on any atom is 0.347 e. The molecule has 0 aromatic heterocycles. The highest BCUT2D eigenvalue weighted by Gasteiger charge is 2.30. The Hall–Kier alpha value is -2.24. The molecule has 6 nitrogen and oxygen atoms in total. The van der Waals surface area contributed by atoms with Crippen LogP contribution >= 0.6 is 0 Å². The summed E-state index contributed by atoms with van der Waals surface area (Å²) >= 11 is 0. The van der Waals surface area contributed by atoms with Crippen LogP contribution in [0.1, 0.15) is 16.8 Å². The summed E-state index contributed by atoms with van der Waals surface area (Å²) in [5.41, 5.74) is 0.289. The van der Waals surface area contributed by atoms with Gasteiger partial charge >= 0.3 is 11.9 Å². The molecule has 0 spiro atoms. The van der Waals surface area contributed by atoms with Gasteiger partial charge in [0.2, 0.25) is 6.10 Å². The minimum absolute atomic E-state index is 0.280. The van der Waals surface area contributed by atoms with Gasteiger partial charge in [-0.3, -0.25) is 0 Å². The smallest absolute Gasteiger partial charge is 0.347 e. The van der Waals surface area contributed by atoms with Crippen molar-refractivity contribution in [3.05, 3.63) is 23.8 Å². The molecule has 1 saturated heterocycles. The summed E-state index contributed by atoms with van der Waals surface area (Å²) in [7, 11) is 2.98. The third-order valence-electron chi connectivity index (χ3n) is 2.76. The summed E-state index contributed by atoms with van der Waals surface area (Å²) in [6, 6.07) is 4.65. The van der Waals surface area contributed by atoms with Crippen LogP contribution in [0.2, 0.25) is 0 Å². The van der Waals surface area contributed by atoms with Crippen LogP contribution in [-0.4, -0.2) is 38.9 Å². The molecule has 1 aromatic carbocycles. The van der Waals surface area contributed by atoms with Gasteiger partial charge in [0, 0.05) is 6.42 Å². The van der Waals surface area contributed by atoms with Crippen LogP contribution in [0.4, 0.5) is 0 Å². The molecule has 1 fully saturated rings. The molecule has 0 saturated carbocycles. The van der Waals surface area contributed by atoms with Crippen LogP contribution in [0.3, 0.4) is 0 Å². The molecule has 0 amide bonds. The SMILES string of the molecule is COc1ccc(C(=O)OC2CCOC2=O)cc1OC. The van der Waals surface area contributed by atoms with Gasteiger partial charge in [-0.25, -0.2) is 9.59 Å². The fourth-order valence-electron chi connectivity index (χ4n) is 1.74. The zero-order valence-corrected chi connectivity index (χ0v) is 10.7. The van der Waals surface area contributed by atoms with Gasteiger partial charge in [0.1, 0.15) is 0 Å². The maximum absolute atomic E-state index is 11.9. The number of carbonyl (C=O) groups excluding carboxylic acids is 2. The third kappa shape index (κ3) is 2.78. The van der Waals surface area contributed by atoms with E-state index in [1.54, 1.807) is 12.1 Å². The number of methoxy groups -OCH3 is 2. The monoisotopic (exact) mass is 266 g/mol. The minimum atomic E-state index is -0.819. The number of hydrogen-bond donors (Lipinski definition) is 0. The van der Waals surface area contributed by atoms with Crippen LogP contribution in [0.25, 0.3) is 0 Å². The zero-order valence-electron chi connectivity index (χ0n) is 10.7. The van der Waals surface area contributed by atoms with E-state index in [0.717, 1.165) is 0 Å². The summed E-state index contributed by atoms with van der Waals surface area (Å²) in [6.45, 7) is 0.280. The molecule has 1 unspecified atom stereocenters. The highest BCUT2D eigenvalue weighted by molar-refractivity contribution is 5.92. The van der Waals surface area contributed by atoms with E-state index >= 15 is 0 Å². The minimum Gasteiger partial charge on any atom is -0.493 e. The molecule has 102 valence electrons. The number of cyclic esters (lactones) is 1. The van der Waals surface area contributed by atoms with E-state index in [2.05, 4.69) is 0 Å². The Kier molecular flexibility index (Phi) is 3.89. The average Bonchev–Trinajstić information content (AvgIpc) is 2.83. The van der Waals surface area contributed by atoms with Gasteiger partial charge in [-0.1, -0.05) is 0 Å². The highest BCUT2D eigenvalue weighted by atomic mass is 16.6. The van der Waals surface area contributed by atoms with Crippen LogP contribution in [0, 0.1) is 0 Å². The first-order valence-electron chi connectivity index (χ1n) is 5.75. The van der Waals surface area contributed by atoms with Crippen LogP contribution in [0.5, 0.6) is 11.5 Å². The van der Waals surface area contributed by atoms with E-state index in [0.29, 0.717) is 17.9 Å². The fourth-order valence-corrected chi connectivity index (χ4v) is 1.74. The van der Waals surface area contributed by atoms with Crippen molar-refractivity contribution in [3.8, 4) is 11.5 Å². The first-order chi connectivity index (χ1) is 9.15. The van der Waals surface area contributed by atoms with Gasteiger partial charge in [-0.2, -0.15) is 0 Å². The predicted molar refractivity (Wildman–Crippen MR) is 64.3 cm³/mol. The van der Waals surface area contributed by atoms with Gasteiger partial charge in [-0.15, -0.1) is 0 Å². The molecule has 1 aromatic rings. The normalized spacial score (nSPS) is 17.8. The summed E-state index contributed by atoms with van der Waals surface area (Å²) in [5.74, 6) is -0.163. The van der Waals surface area contributed by atoms with Crippen molar-refractivity contribution < 1.29 is 28.5 Å². The van der Waals surface area contributed by atoms with E-state index in [4.69, 9.17) is 18.9 Å². The fraction of sp³-hybridized carbons (Fsp3) is 0.385. The van der Waals surface area contributed by atoms with Crippen molar-refractivity contribution in [2.75, 3.05) is 20.8 Å². The average molecular weight is 266 g/mol. The van der Waals surface area contributed by atoms with Crippen molar-refractivity contribution in [2.24, 2.45) is 0 Å². The van der Waals surface area contributed by atoms with Crippen molar-refractivity contribution in [1.29, 1.82) is 0 Å². The number of hydrogen-bond acceptors (Lipinski definition) is 6. The Morgan fingerprint density at radius 1 is 1.26 bits per heavy atom. The molecule has 6 heteroatoms. The zero-order chi connectivity index (χ0) is 13.8. The molecule has 0 radical (unpaired) electrons. The van der Waals surface area contributed by atoms with Gasteiger partial charge in [-0.05, 0) is 18.2 Å². The first kappa shape index (κ1) is 13.2. The van der Waals surface area contributed by atoms with Crippen LogP contribution in [0.15, 0.2) is 18.2 Å². The molecule has 1 heterocycles. The summed E-state index contributed by atoms with van der Waals surface area (Å²) in [6.07, 6.45) is -0.432. The van der Waals surface area contributed by atoms with Crippen molar-refractivity contribution >= 4 is 11.9 Å². The first-order valence-corrected chi connectivity index (χ1v) is 5.75. The van der Waals surface area contributed by atoms with Crippen molar-refractivity contribution in [3.63, 3.8) is 0 Å². The summed E-state index contributed by atoms with van der Waals surface area (Å²) in [4.78, 5) is 23.1. The highest BCUT2D eigenvalue weighted by Crippen LogP contribution is 2.28. The summed E-state index contributed by atoms with van der Waals surface area (Å²) in [5, 5.41) is 0. The van der Waals surface area contributed by atoms with Gasteiger partial charge in [0.05, 0.1) is 26.4 Å². The lowest BCUT2D eigenvalue weighted by Gasteiger charge is -2.11. The second-order valence-electron chi connectivity index (χ2n) is 3.92. The maximum atomic E-state index is 11.9. The van der Waals surface area contributed by atoms with E-state index in [1.165, 1.54) is 20.3 Å². The molecule has 1 aliphatic rings. The Balaban J connectivity index is 2.12. The number of benzene rings is 1. The molecule has 1 aliphatic heterocycles. The number of ether oxygens (including phenoxy) is 4. The second-order valence-corrected chi connectivity index (χ2v) is 3.92. The van der Waals surface area contributed by atoms with Gasteiger partial charge in [0.15, 0.2) is 11.5 Å². The Morgan fingerprint density at radius 2 is 2.00 bits per heavy atom. The molecule has 1 atom stereocenters. The number of rotatable bonds is 4. The lowest BCUT2D eigenvalue weighted by atomic mass is 10.2. The Morgan fingerprint density at radius 3 is 2.58 bits per heavy atom. The van der Waals surface area contributed by atoms with E-state index < -0.39 is 18.0 Å². The van der Waals surface area contributed by atoms with E-state index in [-0.39, 0.29) is 12.2 Å². The lowest BCUT2D eigenvalue weighted by Crippen LogP contribution is -2.22. The van der Waals surface area contributed by atoms with Crippen molar-refractivity contribution in [2.45, 2.75) is 12.5 Å². The molecule has 0 N–H and O–H groups in total. The number of carbonyl (C=O) groups is 2.